The van der Waals surface area contributed by atoms with Crippen LogP contribution >= 0.6 is 0 Å². The number of hydrogen-bond acceptors (Lipinski definition) is 4. The van der Waals surface area contributed by atoms with Crippen LogP contribution in [0.5, 0.6) is 0 Å². The maximum atomic E-state index is 12.5. The van der Waals surface area contributed by atoms with Crippen molar-refractivity contribution in [3.05, 3.63) is 35.2 Å². The molecule has 0 unspecified atom stereocenters. The minimum absolute atomic E-state index is 0.0268. The molecule has 2 aromatic heterocycles. The maximum absolute atomic E-state index is 12.5. The minimum atomic E-state index is -0.124. The molecule has 1 fully saturated rings. The number of carbonyl (C=O) groups excluding carboxylic acids is 1. The first-order valence-corrected chi connectivity index (χ1v) is 8.03. The number of hydrogen-bond donors (Lipinski definition) is 2. The van der Waals surface area contributed by atoms with E-state index in [1.807, 2.05) is 19.9 Å². The quantitative estimate of drug-likeness (QED) is 0.880. The summed E-state index contributed by atoms with van der Waals surface area (Å²) in [6.45, 7) is 8.21. The van der Waals surface area contributed by atoms with Crippen LogP contribution in [-0.2, 0) is 11.3 Å². The van der Waals surface area contributed by atoms with Gasteiger partial charge < -0.3 is 14.6 Å². The van der Waals surface area contributed by atoms with E-state index in [0.29, 0.717) is 13.2 Å². The molecular formula is C16H23N5O2. The Morgan fingerprint density at radius 3 is 3.00 bits per heavy atom. The summed E-state index contributed by atoms with van der Waals surface area (Å²) in [6, 6.07) is 1.95. The lowest BCUT2D eigenvalue weighted by atomic mass is 10.0. The Balaban J connectivity index is 1.65. The van der Waals surface area contributed by atoms with Crippen molar-refractivity contribution in [1.29, 1.82) is 0 Å². The second kappa shape index (κ2) is 6.54. The average Bonchev–Trinajstić information content (AvgIpc) is 3.24. The molecule has 0 bridgehead atoms. The molecule has 7 heteroatoms. The van der Waals surface area contributed by atoms with Crippen LogP contribution in [0.4, 0.5) is 0 Å². The fraction of sp³-hybridized carbons (Fsp3) is 0.562. The van der Waals surface area contributed by atoms with E-state index < -0.39 is 0 Å². The average molecular weight is 317 g/mol. The Labute approximate surface area is 135 Å². The van der Waals surface area contributed by atoms with Gasteiger partial charge in [0, 0.05) is 37.0 Å². The minimum Gasteiger partial charge on any atom is -0.370 e. The number of amides is 1. The third-order valence-electron chi connectivity index (χ3n) is 4.58. The second-order valence-corrected chi connectivity index (χ2v) is 5.95. The topological polar surface area (TPSA) is 84.8 Å². The molecule has 2 N–H and O–H groups in total. The number of nitrogens with zero attached hydrogens (tertiary/aromatic N) is 3. The Kier molecular flexibility index (Phi) is 4.47. The molecule has 0 radical (unpaired) electrons. The maximum Gasteiger partial charge on any atom is 0.253 e. The molecule has 23 heavy (non-hydrogen) atoms. The number of carbonyl (C=O) groups is 1. The van der Waals surface area contributed by atoms with E-state index in [0.717, 1.165) is 35.7 Å². The fourth-order valence-electron chi connectivity index (χ4n) is 3.33. The van der Waals surface area contributed by atoms with E-state index in [1.54, 1.807) is 0 Å². The van der Waals surface area contributed by atoms with Crippen molar-refractivity contribution in [2.24, 2.45) is 5.92 Å². The smallest absolute Gasteiger partial charge is 0.253 e. The van der Waals surface area contributed by atoms with Crippen LogP contribution < -0.4 is 5.32 Å². The van der Waals surface area contributed by atoms with Crippen LogP contribution in [0.3, 0.4) is 0 Å². The zero-order valence-electron chi connectivity index (χ0n) is 13.8. The van der Waals surface area contributed by atoms with Gasteiger partial charge in [-0.05, 0) is 33.3 Å². The number of nitrogens with one attached hydrogen (secondary N) is 2. The van der Waals surface area contributed by atoms with E-state index in [4.69, 9.17) is 4.74 Å². The zero-order chi connectivity index (χ0) is 16.4. The lowest BCUT2D eigenvalue weighted by Gasteiger charge is -2.16. The van der Waals surface area contributed by atoms with Gasteiger partial charge in [-0.3, -0.25) is 9.89 Å². The molecule has 0 aromatic carbocycles. The monoisotopic (exact) mass is 317 g/mol. The summed E-state index contributed by atoms with van der Waals surface area (Å²) in [5, 5.41) is 9.77. The lowest BCUT2D eigenvalue weighted by molar-refractivity contribution is 0.0798. The molecule has 2 aromatic rings. The first-order valence-electron chi connectivity index (χ1n) is 8.03. The van der Waals surface area contributed by atoms with Gasteiger partial charge in [0.1, 0.15) is 12.4 Å². The summed E-state index contributed by atoms with van der Waals surface area (Å²) in [5.74, 6) is 0.911. The van der Waals surface area contributed by atoms with Crippen molar-refractivity contribution < 1.29 is 9.53 Å². The van der Waals surface area contributed by atoms with Crippen molar-refractivity contribution in [3.8, 4) is 0 Å². The number of ether oxygens (including phenoxy) is 1. The van der Waals surface area contributed by atoms with Gasteiger partial charge in [-0.25, -0.2) is 4.98 Å². The lowest BCUT2D eigenvalue weighted by Crippen LogP contribution is -2.31. The van der Waals surface area contributed by atoms with Crippen LogP contribution in [0, 0.1) is 19.8 Å². The molecule has 0 spiro atoms. The molecule has 124 valence electrons. The van der Waals surface area contributed by atoms with E-state index in [1.165, 1.54) is 6.33 Å². The summed E-state index contributed by atoms with van der Waals surface area (Å²) < 4.78 is 7.87. The summed E-state index contributed by atoms with van der Waals surface area (Å²) >= 11 is 0. The number of H-pyrrole nitrogens is 1. The van der Waals surface area contributed by atoms with Crippen molar-refractivity contribution in [2.75, 3.05) is 13.2 Å². The van der Waals surface area contributed by atoms with Crippen LogP contribution in [0.2, 0.25) is 0 Å². The van der Waals surface area contributed by atoms with Crippen LogP contribution in [0.25, 0.3) is 0 Å². The Morgan fingerprint density at radius 2 is 2.35 bits per heavy atom. The van der Waals surface area contributed by atoms with E-state index in [2.05, 4.69) is 32.0 Å². The molecule has 1 aliphatic heterocycles. The summed E-state index contributed by atoms with van der Waals surface area (Å²) in [4.78, 5) is 16.7. The predicted molar refractivity (Wildman–Crippen MR) is 85.1 cm³/mol. The van der Waals surface area contributed by atoms with Gasteiger partial charge >= 0.3 is 0 Å². The number of aromatic nitrogens is 4. The molecular weight excluding hydrogens is 294 g/mol. The Hall–Kier alpha value is -2.15. The normalized spacial score (nSPS) is 20.8. The highest BCUT2D eigenvalue weighted by Gasteiger charge is 2.32. The summed E-state index contributed by atoms with van der Waals surface area (Å²) in [5.41, 5.74) is 2.87. The molecule has 0 saturated carbocycles. The molecule has 2 atom stereocenters. The van der Waals surface area contributed by atoms with Gasteiger partial charge in [-0.15, -0.1) is 0 Å². The van der Waals surface area contributed by atoms with Gasteiger partial charge in [0.2, 0.25) is 0 Å². The van der Waals surface area contributed by atoms with Crippen LogP contribution in [0.15, 0.2) is 12.4 Å². The highest BCUT2D eigenvalue weighted by molar-refractivity contribution is 5.95. The van der Waals surface area contributed by atoms with Gasteiger partial charge in [0.05, 0.1) is 5.56 Å². The fourth-order valence-corrected chi connectivity index (χ4v) is 3.33. The van der Waals surface area contributed by atoms with E-state index in [9.17, 15) is 4.79 Å². The summed E-state index contributed by atoms with van der Waals surface area (Å²) in [7, 11) is 0. The van der Waals surface area contributed by atoms with Gasteiger partial charge in [-0.1, -0.05) is 0 Å². The number of rotatable bonds is 5. The molecule has 0 aliphatic carbocycles. The standard InChI is InChI=1S/C16H23N5O2/c1-4-21-10(2)7-13(11(21)3)16(22)17-8-12-5-6-23-14(12)15-18-9-19-20-15/h7,9,12,14H,4-6,8H2,1-3H3,(H,17,22)(H,18,19,20)/t12-,14-/m0/s1. The second-order valence-electron chi connectivity index (χ2n) is 5.95. The molecule has 1 saturated heterocycles. The molecule has 3 rings (SSSR count). The summed E-state index contributed by atoms with van der Waals surface area (Å²) in [6.07, 6.45) is 2.26. The Bertz CT molecular complexity index is 677. The van der Waals surface area contributed by atoms with Crippen LogP contribution in [0.1, 0.15) is 47.0 Å². The van der Waals surface area contributed by atoms with E-state index >= 15 is 0 Å². The van der Waals surface area contributed by atoms with Crippen LogP contribution in [-0.4, -0.2) is 38.8 Å². The highest BCUT2D eigenvalue weighted by Crippen LogP contribution is 2.31. The third-order valence-corrected chi connectivity index (χ3v) is 4.58. The predicted octanol–water partition coefficient (Wildman–Crippen LogP) is 1.75. The van der Waals surface area contributed by atoms with Gasteiger partial charge in [0.15, 0.2) is 5.82 Å². The molecule has 3 heterocycles. The first-order chi connectivity index (χ1) is 11.1. The van der Waals surface area contributed by atoms with Crippen molar-refractivity contribution >= 4 is 5.91 Å². The third kappa shape index (κ3) is 3.01. The largest absolute Gasteiger partial charge is 0.370 e. The highest BCUT2D eigenvalue weighted by atomic mass is 16.5. The molecule has 1 amide bonds. The van der Waals surface area contributed by atoms with Crippen molar-refractivity contribution in [3.63, 3.8) is 0 Å². The zero-order valence-corrected chi connectivity index (χ0v) is 13.8. The Morgan fingerprint density at radius 1 is 1.52 bits per heavy atom. The van der Waals surface area contributed by atoms with Gasteiger partial charge in [-0.2, -0.15) is 5.10 Å². The van der Waals surface area contributed by atoms with Crippen molar-refractivity contribution in [2.45, 2.75) is 39.8 Å². The van der Waals surface area contributed by atoms with E-state index in [-0.39, 0.29) is 17.9 Å². The van der Waals surface area contributed by atoms with Gasteiger partial charge in [0.25, 0.3) is 5.91 Å². The SMILES string of the molecule is CCn1c(C)cc(C(=O)NC[C@@H]2CCO[C@@H]2c2ncn[nH]2)c1C. The molecule has 1 aliphatic rings. The number of aromatic amines is 1. The number of aryl methyl sites for hydroxylation is 1. The molecule has 7 nitrogen and oxygen atoms in total. The van der Waals surface area contributed by atoms with Crippen molar-refractivity contribution in [1.82, 2.24) is 25.1 Å². The first kappa shape index (κ1) is 15.7.